The number of hydrogen-bond donors (Lipinski definition) is 2. The zero-order valence-corrected chi connectivity index (χ0v) is 11.7. The van der Waals surface area contributed by atoms with E-state index < -0.39 is 6.04 Å². The van der Waals surface area contributed by atoms with Crippen LogP contribution in [-0.2, 0) is 4.79 Å². The average molecular weight is 269 g/mol. The Hall–Kier alpha value is -2.20. The van der Waals surface area contributed by atoms with Crippen LogP contribution in [0.1, 0.15) is 13.8 Å². The van der Waals surface area contributed by atoms with E-state index in [0.29, 0.717) is 0 Å². The number of pyridine rings is 1. The molecule has 104 valence electrons. The van der Waals surface area contributed by atoms with Crippen LogP contribution in [0.5, 0.6) is 0 Å². The molecule has 1 aromatic heterocycles. The number of hydrogen-bond acceptors (Lipinski definition) is 3. The summed E-state index contributed by atoms with van der Waals surface area (Å²) in [7, 11) is 0. The van der Waals surface area contributed by atoms with Gasteiger partial charge in [0.2, 0.25) is 5.91 Å². The minimum atomic E-state index is -0.493. The first-order chi connectivity index (χ1) is 9.58. The predicted molar refractivity (Wildman–Crippen MR) is 81.1 cm³/mol. The number of carbonyl (C=O) groups is 1. The van der Waals surface area contributed by atoms with Crippen molar-refractivity contribution in [2.24, 2.45) is 11.7 Å². The highest BCUT2D eigenvalue weighted by Gasteiger charge is 2.16. The molecular formula is C16H19N3O. The van der Waals surface area contributed by atoms with Crippen molar-refractivity contribution in [2.45, 2.75) is 19.9 Å². The molecular weight excluding hydrogens is 250 g/mol. The van der Waals surface area contributed by atoms with Gasteiger partial charge in [0.25, 0.3) is 0 Å². The van der Waals surface area contributed by atoms with E-state index >= 15 is 0 Å². The number of nitrogens with one attached hydrogen (secondary N) is 1. The van der Waals surface area contributed by atoms with Gasteiger partial charge in [-0.2, -0.15) is 0 Å². The van der Waals surface area contributed by atoms with Crippen molar-refractivity contribution in [3.8, 4) is 11.1 Å². The molecule has 0 spiro atoms. The van der Waals surface area contributed by atoms with Gasteiger partial charge in [-0.25, -0.2) is 0 Å². The number of benzene rings is 1. The number of carbonyl (C=O) groups excluding carboxylic acids is 1. The molecule has 0 radical (unpaired) electrons. The van der Waals surface area contributed by atoms with Gasteiger partial charge in [-0.1, -0.05) is 32.0 Å². The summed E-state index contributed by atoms with van der Waals surface area (Å²) in [5, 5.41) is 2.82. The van der Waals surface area contributed by atoms with Crippen molar-refractivity contribution in [3.05, 3.63) is 48.8 Å². The van der Waals surface area contributed by atoms with Gasteiger partial charge in [0, 0.05) is 18.1 Å². The monoisotopic (exact) mass is 269 g/mol. The Morgan fingerprint density at radius 1 is 1.15 bits per heavy atom. The van der Waals surface area contributed by atoms with E-state index in [-0.39, 0.29) is 11.8 Å². The van der Waals surface area contributed by atoms with E-state index in [2.05, 4.69) is 10.3 Å². The molecule has 4 nitrogen and oxygen atoms in total. The number of amides is 1. The van der Waals surface area contributed by atoms with Crippen LogP contribution < -0.4 is 11.1 Å². The van der Waals surface area contributed by atoms with Gasteiger partial charge >= 0.3 is 0 Å². The lowest BCUT2D eigenvalue weighted by Gasteiger charge is -2.15. The molecule has 0 bridgehead atoms. The third kappa shape index (κ3) is 3.42. The molecule has 0 saturated heterocycles. The normalized spacial score (nSPS) is 12.2. The van der Waals surface area contributed by atoms with E-state index in [1.165, 1.54) is 0 Å². The Morgan fingerprint density at radius 3 is 2.40 bits per heavy atom. The summed E-state index contributed by atoms with van der Waals surface area (Å²) in [5.74, 6) is -0.0428. The molecule has 0 aliphatic heterocycles. The summed E-state index contributed by atoms with van der Waals surface area (Å²) in [6.07, 6.45) is 3.55. The summed E-state index contributed by atoms with van der Waals surface area (Å²) in [6, 6.07) is 11.0. The van der Waals surface area contributed by atoms with Crippen molar-refractivity contribution < 1.29 is 4.79 Å². The zero-order valence-electron chi connectivity index (χ0n) is 11.7. The fourth-order valence-corrected chi connectivity index (χ4v) is 1.81. The smallest absolute Gasteiger partial charge is 0.241 e. The molecule has 4 heteroatoms. The number of aromatic nitrogens is 1. The first-order valence-electron chi connectivity index (χ1n) is 6.65. The topological polar surface area (TPSA) is 68.0 Å². The quantitative estimate of drug-likeness (QED) is 0.896. The Balaban J connectivity index is 2.08. The standard InChI is InChI=1S/C16H19N3O/c1-11(2)15(17)16(20)19-14-7-5-12(6-8-14)13-4-3-9-18-10-13/h3-11,15H,17H2,1-2H3,(H,19,20). The summed E-state index contributed by atoms with van der Waals surface area (Å²) in [4.78, 5) is 16.0. The van der Waals surface area contributed by atoms with Gasteiger partial charge in [-0.15, -0.1) is 0 Å². The van der Waals surface area contributed by atoms with Crippen LogP contribution >= 0.6 is 0 Å². The van der Waals surface area contributed by atoms with Crippen molar-refractivity contribution in [1.29, 1.82) is 0 Å². The van der Waals surface area contributed by atoms with Crippen molar-refractivity contribution in [3.63, 3.8) is 0 Å². The molecule has 0 aliphatic carbocycles. The van der Waals surface area contributed by atoms with E-state index in [4.69, 9.17) is 5.73 Å². The third-order valence-electron chi connectivity index (χ3n) is 3.17. The fourth-order valence-electron chi connectivity index (χ4n) is 1.81. The maximum atomic E-state index is 11.9. The Bertz CT molecular complexity index is 564. The lowest BCUT2D eigenvalue weighted by molar-refractivity contribution is -0.118. The maximum Gasteiger partial charge on any atom is 0.241 e. The molecule has 3 N–H and O–H groups in total. The lowest BCUT2D eigenvalue weighted by atomic mass is 10.0. The molecule has 0 aliphatic rings. The number of rotatable bonds is 4. The third-order valence-corrected chi connectivity index (χ3v) is 3.17. The molecule has 2 aromatic rings. The minimum Gasteiger partial charge on any atom is -0.325 e. The Morgan fingerprint density at radius 2 is 1.85 bits per heavy atom. The maximum absolute atomic E-state index is 11.9. The molecule has 1 heterocycles. The fraction of sp³-hybridized carbons (Fsp3) is 0.250. The summed E-state index contributed by atoms with van der Waals surface area (Å²) in [6.45, 7) is 3.85. The molecule has 1 atom stereocenters. The van der Waals surface area contributed by atoms with Gasteiger partial charge in [0.1, 0.15) is 0 Å². The number of nitrogens with zero attached hydrogens (tertiary/aromatic N) is 1. The van der Waals surface area contributed by atoms with Gasteiger partial charge in [-0.3, -0.25) is 9.78 Å². The number of anilines is 1. The second-order valence-electron chi connectivity index (χ2n) is 5.08. The van der Waals surface area contributed by atoms with Crippen LogP contribution in [0.15, 0.2) is 48.8 Å². The van der Waals surface area contributed by atoms with E-state index in [1.54, 1.807) is 6.20 Å². The second kappa shape index (κ2) is 6.30. The Labute approximate surface area is 119 Å². The largest absolute Gasteiger partial charge is 0.325 e. The van der Waals surface area contributed by atoms with Crippen LogP contribution in [-0.4, -0.2) is 16.9 Å². The summed E-state index contributed by atoms with van der Waals surface area (Å²) < 4.78 is 0. The van der Waals surface area contributed by atoms with Crippen LogP contribution in [0, 0.1) is 5.92 Å². The van der Waals surface area contributed by atoms with Crippen LogP contribution in [0.3, 0.4) is 0 Å². The zero-order chi connectivity index (χ0) is 14.5. The highest BCUT2D eigenvalue weighted by Crippen LogP contribution is 2.20. The van der Waals surface area contributed by atoms with E-state index in [0.717, 1.165) is 16.8 Å². The van der Waals surface area contributed by atoms with E-state index in [1.807, 2.05) is 56.4 Å². The minimum absolute atomic E-state index is 0.115. The van der Waals surface area contributed by atoms with Gasteiger partial charge in [-0.05, 0) is 35.2 Å². The van der Waals surface area contributed by atoms with Crippen LogP contribution in [0.25, 0.3) is 11.1 Å². The lowest BCUT2D eigenvalue weighted by Crippen LogP contribution is -2.39. The second-order valence-corrected chi connectivity index (χ2v) is 5.08. The predicted octanol–water partition coefficient (Wildman–Crippen LogP) is 2.67. The van der Waals surface area contributed by atoms with Crippen LogP contribution in [0.2, 0.25) is 0 Å². The van der Waals surface area contributed by atoms with Crippen molar-refractivity contribution in [2.75, 3.05) is 5.32 Å². The summed E-state index contributed by atoms with van der Waals surface area (Å²) >= 11 is 0. The molecule has 1 aromatic carbocycles. The Kier molecular flexibility index (Phi) is 4.48. The molecule has 20 heavy (non-hydrogen) atoms. The SMILES string of the molecule is CC(C)C(N)C(=O)Nc1ccc(-c2cccnc2)cc1. The highest BCUT2D eigenvalue weighted by molar-refractivity contribution is 5.95. The molecule has 1 unspecified atom stereocenters. The first-order valence-corrected chi connectivity index (χ1v) is 6.65. The first kappa shape index (κ1) is 14.2. The van der Waals surface area contributed by atoms with Crippen molar-refractivity contribution >= 4 is 11.6 Å². The molecule has 1 amide bonds. The van der Waals surface area contributed by atoms with Gasteiger partial charge in [0.15, 0.2) is 0 Å². The van der Waals surface area contributed by atoms with Gasteiger partial charge < -0.3 is 11.1 Å². The average Bonchev–Trinajstić information content (AvgIpc) is 2.48. The number of nitrogens with two attached hydrogens (primary N) is 1. The highest BCUT2D eigenvalue weighted by atomic mass is 16.2. The van der Waals surface area contributed by atoms with Crippen LogP contribution in [0.4, 0.5) is 5.69 Å². The molecule has 2 rings (SSSR count). The summed E-state index contributed by atoms with van der Waals surface area (Å²) in [5.41, 5.74) is 8.66. The van der Waals surface area contributed by atoms with E-state index in [9.17, 15) is 4.79 Å². The molecule has 0 fully saturated rings. The van der Waals surface area contributed by atoms with Crippen molar-refractivity contribution in [1.82, 2.24) is 4.98 Å². The van der Waals surface area contributed by atoms with Gasteiger partial charge in [0.05, 0.1) is 6.04 Å². The molecule has 0 saturated carbocycles.